The van der Waals surface area contributed by atoms with E-state index >= 15 is 0 Å². The first-order valence-electron chi connectivity index (χ1n) is 6.38. The lowest BCUT2D eigenvalue weighted by atomic mass is 10.3. The molecule has 0 aliphatic heterocycles. The zero-order valence-electron chi connectivity index (χ0n) is 11.3. The molecular weight excluding hydrogens is 274 g/mol. The maximum atomic E-state index is 11.7. The minimum atomic E-state index is 0.00471. The van der Waals surface area contributed by atoms with Gasteiger partial charge in [-0.05, 0) is 31.2 Å². The fourth-order valence-corrected chi connectivity index (χ4v) is 2.30. The highest BCUT2D eigenvalue weighted by molar-refractivity contribution is 8.00. The first kappa shape index (κ1) is 14.5. The number of H-pyrrole nitrogens is 1. The second-order valence-corrected chi connectivity index (χ2v) is 5.13. The number of aromatic amines is 1. The summed E-state index contributed by atoms with van der Waals surface area (Å²) in [5, 5.41) is 9.37. The van der Waals surface area contributed by atoms with E-state index in [-0.39, 0.29) is 5.91 Å². The van der Waals surface area contributed by atoms with Crippen LogP contribution < -0.4 is 10.1 Å². The Morgan fingerprint density at radius 3 is 2.85 bits per heavy atom. The van der Waals surface area contributed by atoms with Gasteiger partial charge in [0, 0.05) is 23.2 Å². The van der Waals surface area contributed by atoms with Gasteiger partial charge in [0.1, 0.15) is 5.75 Å². The van der Waals surface area contributed by atoms with Crippen molar-refractivity contribution < 1.29 is 9.53 Å². The quantitative estimate of drug-likeness (QED) is 0.768. The van der Waals surface area contributed by atoms with Crippen LogP contribution in [0.25, 0.3) is 0 Å². The van der Waals surface area contributed by atoms with Crippen molar-refractivity contribution in [1.82, 2.24) is 15.5 Å². The first-order chi connectivity index (χ1) is 9.78. The molecule has 0 atom stereocenters. The van der Waals surface area contributed by atoms with Gasteiger partial charge in [-0.1, -0.05) is 0 Å². The molecule has 0 aliphatic carbocycles. The van der Waals surface area contributed by atoms with Gasteiger partial charge in [-0.3, -0.25) is 9.89 Å². The molecule has 1 aromatic heterocycles. The molecule has 0 saturated carbocycles. The fourth-order valence-electron chi connectivity index (χ4n) is 1.57. The largest absolute Gasteiger partial charge is 0.494 e. The van der Waals surface area contributed by atoms with Gasteiger partial charge in [0.15, 0.2) is 0 Å². The number of hydrogen-bond donors (Lipinski definition) is 2. The number of thioether (sulfide) groups is 1. The molecule has 106 valence electrons. The highest BCUT2D eigenvalue weighted by Gasteiger charge is 2.03. The molecule has 0 fully saturated rings. The molecule has 20 heavy (non-hydrogen) atoms. The zero-order chi connectivity index (χ0) is 14.2. The summed E-state index contributed by atoms with van der Waals surface area (Å²) in [7, 11) is 0. The number of hydrogen-bond acceptors (Lipinski definition) is 4. The smallest absolute Gasteiger partial charge is 0.230 e. The molecular formula is C14H17N3O2S. The van der Waals surface area contributed by atoms with Crippen molar-refractivity contribution >= 4 is 17.7 Å². The highest BCUT2D eigenvalue weighted by atomic mass is 32.2. The highest BCUT2D eigenvalue weighted by Crippen LogP contribution is 2.21. The van der Waals surface area contributed by atoms with Crippen molar-refractivity contribution in [3.05, 3.63) is 42.2 Å². The van der Waals surface area contributed by atoms with E-state index in [1.165, 1.54) is 11.8 Å². The monoisotopic (exact) mass is 291 g/mol. The molecule has 2 rings (SSSR count). The summed E-state index contributed by atoms with van der Waals surface area (Å²) in [6, 6.07) is 7.74. The van der Waals surface area contributed by atoms with Gasteiger partial charge in [-0.25, -0.2) is 0 Å². The van der Waals surface area contributed by atoms with Crippen molar-refractivity contribution in [2.75, 3.05) is 12.4 Å². The summed E-state index contributed by atoms with van der Waals surface area (Å²) in [4.78, 5) is 12.7. The summed E-state index contributed by atoms with van der Waals surface area (Å²) in [5.74, 6) is 1.25. The van der Waals surface area contributed by atoms with Gasteiger partial charge in [0.05, 0.1) is 18.6 Å². The number of amides is 1. The second-order valence-electron chi connectivity index (χ2n) is 4.08. The van der Waals surface area contributed by atoms with Crippen LogP contribution in [0.5, 0.6) is 5.75 Å². The van der Waals surface area contributed by atoms with Gasteiger partial charge in [-0.15, -0.1) is 11.8 Å². The third-order valence-electron chi connectivity index (χ3n) is 2.55. The van der Waals surface area contributed by atoms with E-state index in [0.29, 0.717) is 18.9 Å². The number of ether oxygens (including phenoxy) is 1. The van der Waals surface area contributed by atoms with Gasteiger partial charge < -0.3 is 10.1 Å². The summed E-state index contributed by atoms with van der Waals surface area (Å²) in [6.45, 7) is 3.11. The Kier molecular flexibility index (Phi) is 5.49. The van der Waals surface area contributed by atoms with Crippen LogP contribution in [-0.4, -0.2) is 28.5 Å². The van der Waals surface area contributed by atoms with Crippen LogP contribution in [0.2, 0.25) is 0 Å². The Hall–Kier alpha value is -1.95. The van der Waals surface area contributed by atoms with Crippen molar-refractivity contribution in [2.24, 2.45) is 0 Å². The minimum absolute atomic E-state index is 0.00471. The fraction of sp³-hybridized carbons (Fsp3) is 0.286. The van der Waals surface area contributed by atoms with E-state index in [1.54, 1.807) is 12.4 Å². The Balaban J connectivity index is 1.72. The molecule has 5 nitrogen and oxygen atoms in total. The van der Waals surface area contributed by atoms with Crippen molar-refractivity contribution in [3.8, 4) is 5.75 Å². The third-order valence-corrected chi connectivity index (χ3v) is 3.56. The number of nitrogens with zero attached hydrogens (tertiary/aromatic N) is 1. The van der Waals surface area contributed by atoms with E-state index in [9.17, 15) is 4.79 Å². The molecule has 2 N–H and O–H groups in total. The topological polar surface area (TPSA) is 67.0 Å². The minimum Gasteiger partial charge on any atom is -0.494 e. The average Bonchev–Trinajstić information content (AvgIpc) is 2.98. The van der Waals surface area contributed by atoms with E-state index < -0.39 is 0 Å². The van der Waals surface area contributed by atoms with Crippen molar-refractivity contribution in [2.45, 2.75) is 18.4 Å². The Bertz CT molecular complexity index is 526. The SMILES string of the molecule is CCOc1ccc(SCC(=O)NCc2cn[nH]c2)cc1. The second kappa shape index (κ2) is 7.59. The van der Waals surface area contributed by atoms with Gasteiger partial charge in [-0.2, -0.15) is 5.10 Å². The Labute approximate surface area is 122 Å². The summed E-state index contributed by atoms with van der Waals surface area (Å²) >= 11 is 1.50. The van der Waals surface area contributed by atoms with Crippen LogP contribution in [0.3, 0.4) is 0 Å². The molecule has 6 heteroatoms. The molecule has 0 bridgehead atoms. The standard InChI is InChI=1S/C14H17N3O2S/c1-2-19-12-3-5-13(6-4-12)20-10-14(18)15-7-11-8-16-17-9-11/h3-6,8-9H,2,7,10H2,1H3,(H,15,18)(H,16,17). The number of rotatable bonds is 7. The molecule has 0 saturated heterocycles. The van der Waals surface area contributed by atoms with Crippen molar-refractivity contribution in [1.29, 1.82) is 0 Å². The van der Waals surface area contributed by atoms with Crippen LogP contribution in [0.4, 0.5) is 0 Å². The first-order valence-corrected chi connectivity index (χ1v) is 7.36. The lowest BCUT2D eigenvalue weighted by molar-refractivity contribution is -0.118. The maximum Gasteiger partial charge on any atom is 0.230 e. The maximum absolute atomic E-state index is 11.7. The van der Waals surface area contributed by atoms with E-state index in [4.69, 9.17) is 4.74 Å². The average molecular weight is 291 g/mol. The molecule has 0 radical (unpaired) electrons. The molecule has 0 spiro atoms. The van der Waals surface area contributed by atoms with Crippen LogP contribution >= 0.6 is 11.8 Å². The van der Waals surface area contributed by atoms with Gasteiger partial charge in [0.25, 0.3) is 0 Å². The van der Waals surface area contributed by atoms with Gasteiger partial charge in [0.2, 0.25) is 5.91 Å². The number of aromatic nitrogens is 2. The number of carbonyl (C=O) groups excluding carboxylic acids is 1. The van der Waals surface area contributed by atoms with Crippen LogP contribution in [0.1, 0.15) is 12.5 Å². The number of nitrogens with one attached hydrogen (secondary N) is 2. The molecule has 1 heterocycles. The molecule has 0 unspecified atom stereocenters. The van der Waals surface area contributed by atoms with E-state index in [1.807, 2.05) is 31.2 Å². The molecule has 2 aromatic rings. The predicted octanol–water partition coefficient (Wildman–Crippen LogP) is 2.22. The summed E-state index contributed by atoms with van der Waals surface area (Å²) in [6.07, 6.45) is 3.46. The Morgan fingerprint density at radius 2 is 2.20 bits per heavy atom. The van der Waals surface area contributed by atoms with Crippen molar-refractivity contribution in [3.63, 3.8) is 0 Å². The predicted molar refractivity (Wildman–Crippen MR) is 78.8 cm³/mol. The molecule has 1 amide bonds. The van der Waals surface area contributed by atoms with Gasteiger partial charge >= 0.3 is 0 Å². The normalized spacial score (nSPS) is 10.2. The van der Waals surface area contributed by atoms with Crippen LogP contribution in [0, 0.1) is 0 Å². The molecule has 0 aliphatic rings. The van der Waals surface area contributed by atoms with Crippen LogP contribution in [0.15, 0.2) is 41.6 Å². The van der Waals surface area contributed by atoms with E-state index in [0.717, 1.165) is 16.2 Å². The number of carbonyl (C=O) groups is 1. The van der Waals surface area contributed by atoms with Crippen LogP contribution in [-0.2, 0) is 11.3 Å². The number of benzene rings is 1. The Morgan fingerprint density at radius 1 is 1.40 bits per heavy atom. The summed E-state index contributed by atoms with van der Waals surface area (Å²) < 4.78 is 5.37. The van der Waals surface area contributed by atoms with E-state index in [2.05, 4.69) is 15.5 Å². The third kappa shape index (κ3) is 4.62. The zero-order valence-corrected chi connectivity index (χ0v) is 12.1. The molecule has 1 aromatic carbocycles. The summed E-state index contributed by atoms with van der Waals surface area (Å²) in [5.41, 5.74) is 0.962. The lowest BCUT2D eigenvalue weighted by Crippen LogP contribution is -2.24. The lowest BCUT2D eigenvalue weighted by Gasteiger charge is -2.05.